The van der Waals surface area contributed by atoms with Crippen LogP contribution in [-0.4, -0.2) is 35.0 Å². The first-order valence-electron chi connectivity index (χ1n) is 6.56. The molecule has 1 heterocycles. The van der Waals surface area contributed by atoms with Gasteiger partial charge in [-0.25, -0.2) is 14.4 Å². The molecule has 1 aromatic carbocycles. The number of hydrogen-bond acceptors (Lipinski definition) is 5. The monoisotopic (exact) mass is 285 g/mol. The summed E-state index contributed by atoms with van der Waals surface area (Å²) in [6, 6.07) is 8.42. The zero-order valence-electron chi connectivity index (χ0n) is 11.8. The molecular formula is C15H16FN5. The lowest BCUT2D eigenvalue weighted by Gasteiger charge is -2.17. The van der Waals surface area contributed by atoms with Gasteiger partial charge >= 0.3 is 0 Å². The second kappa shape index (κ2) is 7.31. The van der Waals surface area contributed by atoms with Crippen molar-refractivity contribution in [3.63, 3.8) is 0 Å². The topological polar surface area (TPSA) is 64.8 Å². The summed E-state index contributed by atoms with van der Waals surface area (Å²) in [4.78, 5) is 10.1. The molecule has 1 N–H and O–H groups in total. The van der Waals surface area contributed by atoms with Gasteiger partial charge in [0.2, 0.25) is 0 Å². The maximum absolute atomic E-state index is 12.8. The van der Waals surface area contributed by atoms with Crippen molar-refractivity contribution in [1.82, 2.24) is 14.9 Å². The number of benzene rings is 1. The van der Waals surface area contributed by atoms with Crippen molar-refractivity contribution in [2.24, 2.45) is 0 Å². The summed E-state index contributed by atoms with van der Waals surface area (Å²) in [7, 11) is 2.00. The van der Waals surface area contributed by atoms with Crippen molar-refractivity contribution < 1.29 is 4.39 Å². The lowest BCUT2D eigenvalue weighted by atomic mass is 10.2. The van der Waals surface area contributed by atoms with Crippen molar-refractivity contribution >= 4 is 5.82 Å². The van der Waals surface area contributed by atoms with Gasteiger partial charge in [0.05, 0.1) is 12.4 Å². The van der Waals surface area contributed by atoms with Gasteiger partial charge in [-0.15, -0.1) is 0 Å². The van der Waals surface area contributed by atoms with Crippen LogP contribution in [0.1, 0.15) is 11.3 Å². The average molecular weight is 285 g/mol. The van der Waals surface area contributed by atoms with Gasteiger partial charge in [0.25, 0.3) is 0 Å². The number of halogens is 1. The van der Waals surface area contributed by atoms with Gasteiger partial charge < -0.3 is 10.2 Å². The van der Waals surface area contributed by atoms with Crippen LogP contribution in [0.5, 0.6) is 0 Å². The van der Waals surface area contributed by atoms with Gasteiger partial charge in [-0.05, 0) is 24.7 Å². The van der Waals surface area contributed by atoms with Crippen molar-refractivity contribution in [2.75, 3.05) is 25.5 Å². The lowest BCUT2D eigenvalue weighted by molar-refractivity contribution is 0.339. The number of aromatic nitrogens is 2. The van der Waals surface area contributed by atoms with Crippen molar-refractivity contribution in [3.8, 4) is 6.07 Å². The van der Waals surface area contributed by atoms with E-state index < -0.39 is 0 Å². The van der Waals surface area contributed by atoms with Gasteiger partial charge in [-0.3, -0.25) is 0 Å². The number of nitriles is 1. The predicted molar refractivity (Wildman–Crippen MR) is 78.0 cm³/mol. The minimum atomic E-state index is -0.220. The van der Waals surface area contributed by atoms with Crippen LogP contribution >= 0.6 is 0 Å². The second-order valence-corrected chi connectivity index (χ2v) is 4.69. The predicted octanol–water partition coefficient (Wildman–Crippen LogP) is 2.03. The fraction of sp³-hybridized carbons (Fsp3) is 0.267. The molecule has 6 heteroatoms. The molecule has 1 aromatic heterocycles. The Kier molecular flexibility index (Phi) is 5.18. The van der Waals surface area contributed by atoms with Gasteiger partial charge in [-0.2, -0.15) is 5.26 Å². The minimum absolute atomic E-state index is 0.220. The Hall–Kier alpha value is -2.52. The molecule has 0 fully saturated rings. The normalized spacial score (nSPS) is 10.4. The van der Waals surface area contributed by atoms with Gasteiger partial charge in [0.1, 0.15) is 17.7 Å². The lowest BCUT2D eigenvalue weighted by Crippen LogP contribution is -2.25. The Balaban J connectivity index is 1.74. The molecule has 0 spiro atoms. The van der Waals surface area contributed by atoms with E-state index in [-0.39, 0.29) is 5.82 Å². The summed E-state index contributed by atoms with van der Waals surface area (Å²) in [5, 5.41) is 11.8. The van der Waals surface area contributed by atoms with E-state index in [0.717, 1.165) is 18.7 Å². The van der Waals surface area contributed by atoms with Gasteiger partial charge in [-0.1, -0.05) is 12.1 Å². The largest absolute Gasteiger partial charge is 0.368 e. The maximum Gasteiger partial charge on any atom is 0.158 e. The third-order valence-electron chi connectivity index (χ3n) is 2.93. The summed E-state index contributed by atoms with van der Waals surface area (Å²) in [5.41, 5.74) is 1.37. The molecule has 108 valence electrons. The highest BCUT2D eigenvalue weighted by Gasteiger charge is 2.01. The molecule has 0 unspecified atom stereocenters. The van der Waals surface area contributed by atoms with Crippen LogP contribution in [0.4, 0.5) is 10.2 Å². The van der Waals surface area contributed by atoms with Crippen LogP contribution in [0.25, 0.3) is 0 Å². The highest BCUT2D eigenvalue weighted by atomic mass is 19.1. The summed E-state index contributed by atoms with van der Waals surface area (Å²) >= 11 is 0. The first kappa shape index (κ1) is 14.9. The number of hydrogen-bond donors (Lipinski definition) is 1. The molecule has 0 aliphatic heterocycles. The third-order valence-corrected chi connectivity index (χ3v) is 2.93. The molecule has 21 heavy (non-hydrogen) atoms. The summed E-state index contributed by atoms with van der Waals surface area (Å²) in [5.74, 6) is 0.423. The van der Waals surface area contributed by atoms with Crippen LogP contribution in [0.3, 0.4) is 0 Å². The van der Waals surface area contributed by atoms with E-state index >= 15 is 0 Å². The molecule has 0 amide bonds. The zero-order chi connectivity index (χ0) is 15.1. The standard InChI is InChI=1S/C15H16FN5/c1-21(11-12-2-4-13(16)5-3-12)7-6-18-15-10-19-14(8-17)9-20-15/h2-5,9-10H,6-7,11H2,1H3,(H,18,20). The van der Waals surface area contributed by atoms with E-state index in [1.807, 2.05) is 13.1 Å². The van der Waals surface area contributed by atoms with Crippen LogP contribution in [0.2, 0.25) is 0 Å². The quantitative estimate of drug-likeness (QED) is 0.879. The minimum Gasteiger partial charge on any atom is -0.368 e. The fourth-order valence-corrected chi connectivity index (χ4v) is 1.83. The average Bonchev–Trinajstić information content (AvgIpc) is 2.50. The van der Waals surface area contributed by atoms with Crippen LogP contribution in [0, 0.1) is 17.1 Å². The highest BCUT2D eigenvalue weighted by molar-refractivity contribution is 5.32. The molecule has 2 rings (SSSR count). The van der Waals surface area contributed by atoms with Crippen molar-refractivity contribution in [3.05, 3.63) is 53.7 Å². The van der Waals surface area contributed by atoms with Crippen molar-refractivity contribution in [1.29, 1.82) is 5.26 Å². The smallest absolute Gasteiger partial charge is 0.158 e. The summed E-state index contributed by atoms with van der Waals surface area (Å²) < 4.78 is 12.8. The van der Waals surface area contributed by atoms with Crippen LogP contribution < -0.4 is 5.32 Å². The summed E-state index contributed by atoms with van der Waals surface area (Å²) in [6.45, 7) is 2.26. The molecule has 0 aliphatic rings. The maximum atomic E-state index is 12.8. The molecule has 0 saturated carbocycles. The number of rotatable bonds is 6. The number of likely N-dealkylation sites (N-methyl/N-ethyl adjacent to an activating group) is 1. The number of anilines is 1. The molecule has 0 atom stereocenters. The third kappa shape index (κ3) is 4.82. The van der Waals surface area contributed by atoms with Gasteiger partial charge in [0.15, 0.2) is 5.69 Å². The Morgan fingerprint density at radius 3 is 2.62 bits per heavy atom. The molecular weight excluding hydrogens is 269 g/mol. The SMILES string of the molecule is CN(CCNc1cnc(C#N)cn1)Cc1ccc(F)cc1. The Morgan fingerprint density at radius 2 is 2.00 bits per heavy atom. The number of nitrogens with zero attached hydrogens (tertiary/aromatic N) is 4. The molecule has 0 saturated heterocycles. The van der Waals surface area contributed by atoms with Crippen molar-refractivity contribution in [2.45, 2.75) is 6.54 Å². The van der Waals surface area contributed by atoms with E-state index in [1.165, 1.54) is 18.3 Å². The Labute approximate surface area is 123 Å². The summed E-state index contributed by atoms with van der Waals surface area (Å²) in [6.07, 6.45) is 2.98. The van der Waals surface area contributed by atoms with Gasteiger partial charge in [0, 0.05) is 19.6 Å². The van der Waals surface area contributed by atoms with E-state index in [2.05, 4.69) is 20.2 Å². The molecule has 0 aliphatic carbocycles. The van der Waals surface area contributed by atoms with E-state index in [4.69, 9.17) is 5.26 Å². The molecule has 0 bridgehead atoms. The second-order valence-electron chi connectivity index (χ2n) is 4.69. The van der Waals surface area contributed by atoms with E-state index in [9.17, 15) is 4.39 Å². The van der Waals surface area contributed by atoms with E-state index in [1.54, 1.807) is 18.3 Å². The first-order valence-corrected chi connectivity index (χ1v) is 6.56. The Bertz CT molecular complexity index is 603. The van der Waals surface area contributed by atoms with Crippen LogP contribution in [0.15, 0.2) is 36.7 Å². The molecule has 5 nitrogen and oxygen atoms in total. The Morgan fingerprint density at radius 1 is 1.24 bits per heavy atom. The highest BCUT2D eigenvalue weighted by Crippen LogP contribution is 2.05. The number of nitrogens with one attached hydrogen (secondary N) is 1. The fourth-order valence-electron chi connectivity index (χ4n) is 1.83. The molecule has 2 aromatic rings. The van der Waals surface area contributed by atoms with E-state index in [0.29, 0.717) is 18.1 Å². The zero-order valence-corrected chi connectivity index (χ0v) is 11.8. The van der Waals surface area contributed by atoms with Crippen LogP contribution in [-0.2, 0) is 6.54 Å². The first-order chi connectivity index (χ1) is 10.2. The molecule has 0 radical (unpaired) electrons.